The van der Waals surface area contributed by atoms with E-state index in [2.05, 4.69) is 16.0 Å². The Balaban J connectivity index is 1.65. The number of pyridine rings is 1. The predicted octanol–water partition coefficient (Wildman–Crippen LogP) is 4.51. The van der Waals surface area contributed by atoms with E-state index in [1.165, 1.54) is 5.56 Å². The summed E-state index contributed by atoms with van der Waals surface area (Å²) in [5.41, 5.74) is 4.36. The van der Waals surface area contributed by atoms with Crippen molar-refractivity contribution in [1.82, 2.24) is 14.5 Å². The molecule has 1 aliphatic rings. The second-order valence-corrected chi connectivity index (χ2v) is 8.10. The van der Waals surface area contributed by atoms with Gasteiger partial charge in [-0.2, -0.15) is 4.98 Å². The third-order valence-corrected chi connectivity index (χ3v) is 6.10. The van der Waals surface area contributed by atoms with E-state index in [-0.39, 0.29) is 5.69 Å². The minimum atomic E-state index is -0.173. The number of hydrogen-bond donors (Lipinski definition) is 0. The molecule has 0 unspecified atom stereocenters. The van der Waals surface area contributed by atoms with E-state index >= 15 is 0 Å². The number of thioether (sulfide) groups is 1. The molecule has 0 amide bonds. The van der Waals surface area contributed by atoms with Gasteiger partial charge in [0, 0.05) is 34.4 Å². The maximum atomic E-state index is 12.8. The van der Waals surface area contributed by atoms with E-state index in [0.717, 1.165) is 58.3 Å². The second-order valence-electron chi connectivity index (χ2n) is 6.70. The molecule has 0 saturated heterocycles. The molecule has 2 aromatic heterocycles. The van der Waals surface area contributed by atoms with E-state index in [9.17, 15) is 4.79 Å². The monoisotopic (exact) mass is 397 g/mol. The van der Waals surface area contributed by atoms with Crippen LogP contribution in [0.5, 0.6) is 0 Å². The summed E-state index contributed by atoms with van der Waals surface area (Å²) in [5, 5.41) is 1.60. The van der Waals surface area contributed by atoms with E-state index in [1.54, 1.807) is 18.0 Å². The van der Waals surface area contributed by atoms with Gasteiger partial charge in [0.1, 0.15) is 5.03 Å². The Bertz CT molecular complexity index is 1000. The summed E-state index contributed by atoms with van der Waals surface area (Å²) < 4.78 is 1.83. The summed E-state index contributed by atoms with van der Waals surface area (Å²) in [5.74, 6) is 0.756. The molecular weight excluding hydrogens is 378 g/mol. The van der Waals surface area contributed by atoms with Crippen molar-refractivity contribution in [3.63, 3.8) is 0 Å². The fourth-order valence-corrected chi connectivity index (χ4v) is 4.72. The molecule has 4 nitrogen and oxygen atoms in total. The van der Waals surface area contributed by atoms with Crippen LogP contribution in [0.1, 0.15) is 35.2 Å². The van der Waals surface area contributed by atoms with Crippen molar-refractivity contribution in [2.45, 2.75) is 43.0 Å². The third-order valence-electron chi connectivity index (χ3n) is 4.78. The number of hydrogen-bond acceptors (Lipinski definition) is 4. The molecule has 1 aromatic carbocycles. The fourth-order valence-electron chi connectivity index (χ4n) is 3.48. The minimum Gasteiger partial charge on any atom is -0.291 e. The largest absolute Gasteiger partial charge is 0.349 e. The van der Waals surface area contributed by atoms with E-state index in [4.69, 9.17) is 11.6 Å². The summed E-state index contributed by atoms with van der Waals surface area (Å²) >= 11 is 7.71. The molecule has 0 atom stereocenters. The first kappa shape index (κ1) is 18.3. The Hall–Kier alpha value is -2.11. The fraction of sp³-hybridized carbons (Fsp3) is 0.286. The molecule has 0 radical (unpaired) electrons. The van der Waals surface area contributed by atoms with Crippen molar-refractivity contribution in [3.05, 3.63) is 86.7 Å². The molecule has 4 rings (SSSR count). The van der Waals surface area contributed by atoms with Crippen LogP contribution >= 0.6 is 23.4 Å². The Kier molecular flexibility index (Phi) is 5.60. The van der Waals surface area contributed by atoms with Gasteiger partial charge in [0.2, 0.25) is 0 Å². The average Bonchev–Trinajstić information content (AvgIpc) is 2.70. The lowest BCUT2D eigenvalue weighted by atomic mass is 9.97. The van der Waals surface area contributed by atoms with Crippen LogP contribution in [-0.4, -0.2) is 14.5 Å². The summed E-state index contributed by atoms with van der Waals surface area (Å²) in [7, 11) is 0. The maximum Gasteiger partial charge on any atom is 0.349 e. The molecule has 0 N–H and O–H groups in total. The van der Waals surface area contributed by atoms with Gasteiger partial charge < -0.3 is 0 Å². The van der Waals surface area contributed by atoms with Gasteiger partial charge in [0.25, 0.3) is 0 Å². The van der Waals surface area contributed by atoms with Gasteiger partial charge in [-0.15, -0.1) is 11.8 Å². The molecule has 0 spiro atoms. The highest BCUT2D eigenvalue weighted by atomic mass is 35.5. The van der Waals surface area contributed by atoms with E-state index in [0.29, 0.717) is 6.54 Å². The normalized spacial score (nSPS) is 13.4. The van der Waals surface area contributed by atoms with Gasteiger partial charge in [-0.1, -0.05) is 29.8 Å². The lowest BCUT2D eigenvalue weighted by Gasteiger charge is -2.22. The van der Waals surface area contributed by atoms with Crippen LogP contribution in [0.25, 0.3) is 0 Å². The molecule has 2 heterocycles. The summed E-state index contributed by atoms with van der Waals surface area (Å²) in [6.07, 6.45) is 7.72. The van der Waals surface area contributed by atoms with E-state index < -0.39 is 0 Å². The van der Waals surface area contributed by atoms with Gasteiger partial charge in [0.15, 0.2) is 0 Å². The first-order valence-corrected chi connectivity index (χ1v) is 10.5. The SMILES string of the molecule is O=c1nc(SCc2cccc(Cl)c2)c2c(n1Cc1cccnc1)CCCC2. The minimum absolute atomic E-state index is 0.173. The molecule has 27 heavy (non-hydrogen) atoms. The van der Waals surface area contributed by atoms with Crippen molar-refractivity contribution in [2.24, 2.45) is 0 Å². The zero-order valence-corrected chi connectivity index (χ0v) is 16.5. The summed E-state index contributed by atoms with van der Waals surface area (Å²) in [6.45, 7) is 0.529. The zero-order chi connectivity index (χ0) is 18.6. The van der Waals surface area contributed by atoms with Gasteiger partial charge in [-0.25, -0.2) is 4.79 Å². The maximum absolute atomic E-state index is 12.8. The lowest BCUT2D eigenvalue weighted by molar-refractivity contribution is 0.569. The molecular formula is C21H20ClN3OS. The Morgan fingerprint density at radius 2 is 1.96 bits per heavy atom. The summed E-state index contributed by atoms with van der Waals surface area (Å²) in [4.78, 5) is 21.4. The average molecular weight is 398 g/mol. The van der Waals surface area contributed by atoms with Crippen LogP contribution in [0.3, 0.4) is 0 Å². The lowest BCUT2D eigenvalue weighted by Crippen LogP contribution is -2.30. The van der Waals surface area contributed by atoms with Crippen molar-refractivity contribution >= 4 is 23.4 Å². The standard InChI is InChI=1S/C21H20ClN3OS/c22-17-7-3-5-15(11-17)14-27-20-18-8-1-2-9-19(18)25(21(26)24-20)13-16-6-4-10-23-12-16/h3-7,10-12H,1-2,8-9,13-14H2. The second kappa shape index (κ2) is 8.28. The number of fused-ring (bicyclic) bond motifs is 1. The Morgan fingerprint density at radius 1 is 1.11 bits per heavy atom. The molecule has 3 aromatic rings. The highest BCUT2D eigenvalue weighted by Crippen LogP contribution is 2.31. The topological polar surface area (TPSA) is 47.8 Å². The van der Waals surface area contributed by atoms with Gasteiger partial charge in [0.05, 0.1) is 6.54 Å². The third kappa shape index (κ3) is 4.25. The van der Waals surface area contributed by atoms with Crippen molar-refractivity contribution in [2.75, 3.05) is 0 Å². The van der Waals surface area contributed by atoms with Crippen LogP contribution < -0.4 is 5.69 Å². The molecule has 0 fully saturated rings. The molecule has 0 aliphatic heterocycles. The van der Waals surface area contributed by atoms with Crippen molar-refractivity contribution in [3.8, 4) is 0 Å². The highest BCUT2D eigenvalue weighted by molar-refractivity contribution is 7.98. The van der Waals surface area contributed by atoms with Gasteiger partial charge >= 0.3 is 5.69 Å². The highest BCUT2D eigenvalue weighted by Gasteiger charge is 2.20. The van der Waals surface area contributed by atoms with Crippen LogP contribution in [0.15, 0.2) is 58.6 Å². The van der Waals surface area contributed by atoms with Gasteiger partial charge in [-0.05, 0) is 55.0 Å². The quantitative estimate of drug-likeness (QED) is 0.469. The van der Waals surface area contributed by atoms with E-state index in [1.807, 2.05) is 41.1 Å². The predicted molar refractivity (Wildman–Crippen MR) is 109 cm³/mol. The van der Waals surface area contributed by atoms with Crippen LogP contribution in [0, 0.1) is 0 Å². The zero-order valence-electron chi connectivity index (χ0n) is 14.9. The number of aromatic nitrogens is 3. The first-order valence-electron chi connectivity index (χ1n) is 9.09. The number of benzene rings is 1. The van der Waals surface area contributed by atoms with Crippen LogP contribution in [0.2, 0.25) is 5.02 Å². The number of nitrogens with zero attached hydrogens (tertiary/aromatic N) is 3. The number of rotatable bonds is 5. The van der Waals surface area contributed by atoms with Crippen molar-refractivity contribution in [1.29, 1.82) is 0 Å². The van der Waals surface area contributed by atoms with Gasteiger partial charge in [-0.3, -0.25) is 9.55 Å². The molecule has 0 bridgehead atoms. The van der Waals surface area contributed by atoms with Crippen LogP contribution in [0.4, 0.5) is 0 Å². The molecule has 0 saturated carbocycles. The first-order chi connectivity index (χ1) is 13.2. The summed E-state index contributed by atoms with van der Waals surface area (Å²) in [6, 6.07) is 11.7. The molecule has 138 valence electrons. The number of halogens is 1. The smallest absolute Gasteiger partial charge is 0.291 e. The van der Waals surface area contributed by atoms with Crippen LogP contribution in [-0.2, 0) is 25.1 Å². The van der Waals surface area contributed by atoms with Crippen molar-refractivity contribution < 1.29 is 0 Å². The molecule has 1 aliphatic carbocycles. The Morgan fingerprint density at radius 3 is 2.78 bits per heavy atom. The molecule has 6 heteroatoms. The Labute approximate surface area is 167 Å².